The van der Waals surface area contributed by atoms with E-state index in [1.165, 1.54) is 11.1 Å². The van der Waals surface area contributed by atoms with Crippen LogP contribution in [0.3, 0.4) is 0 Å². The van der Waals surface area contributed by atoms with Crippen molar-refractivity contribution >= 4 is 17.5 Å². The highest BCUT2D eigenvalue weighted by atomic mass is 16.2. The van der Waals surface area contributed by atoms with E-state index in [-0.39, 0.29) is 36.2 Å². The van der Waals surface area contributed by atoms with Crippen LogP contribution in [-0.2, 0) is 16.0 Å². The number of amides is 2. The summed E-state index contributed by atoms with van der Waals surface area (Å²) >= 11 is 0. The summed E-state index contributed by atoms with van der Waals surface area (Å²) in [6.07, 6.45) is 5.41. The van der Waals surface area contributed by atoms with E-state index >= 15 is 0 Å². The zero-order valence-corrected chi connectivity index (χ0v) is 19.6. The molecule has 1 aliphatic carbocycles. The van der Waals surface area contributed by atoms with Crippen molar-refractivity contribution in [2.45, 2.75) is 63.5 Å². The fourth-order valence-corrected chi connectivity index (χ4v) is 4.62. The lowest BCUT2D eigenvalue weighted by atomic mass is 9.74. The molecular weight excluding hydrogens is 398 g/mol. The third-order valence-electron chi connectivity index (χ3n) is 6.66. The van der Waals surface area contributed by atoms with E-state index in [1.807, 2.05) is 24.3 Å². The lowest BCUT2D eigenvalue weighted by Gasteiger charge is -2.45. The van der Waals surface area contributed by atoms with Gasteiger partial charge in [0.1, 0.15) is 0 Å². The van der Waals surface area contributed by atoms with Gasteiger partial charge in [-0.25, -0.2) is 0 Å². The molecule has 3 rings (SSSR count). The number of hydrogen-bond donors (Lipinski definition) is 2. The molecule has 171 valence electrons. The molecule has 0 aliphatic heterocycles. The molecule has 0 bridgehead atoms. The second-order valence-corrected chi connectivity index (χ2v) is 9.37. The first-order valence-corrected chi connectivity index (χ1v) is 11.5. The van der Waals surface area contributed by atoms with Crippen LogP contribution in [0.15, 0.2) is 48.5 Å². The van der Waals surface area contributed by atoms with Crippen LogP contribution in [0, 0.1) is 13.8 Å². The maximum absolute atomic E-state index is 12.4. The van der Waals surface area contributed by atoms with E-state index in [0.717, 1.165) is 43.4 Å². The van der Waals surface area contributed by atoms with E-state index in [9.17, 15) is 9.59 Å². The van der Waals surface area contributed by atoms with E-state index in [0.29, 0.717) is 0 Å². The first-order chi connectivity index (χ1) is 15.3. The number of nitrogens with one attached hydrogen (secondary N) is 2. The number of likely N-dealkylation sites (N-methyl/N-ethyl adjacent to an activating group) is 1. The standard InChI is InChI=1S/C27H36N3O2/c1-20-8-10-23(11-9-20)28-25(31)12-13-26(32)29-24-14-16-27(17-15-24,30(3)4)19-22-7-5-6-21(2)18-22/h5-11,18,24H,1,12-17,19H2,2-4H3,(H,28,31)(H,29,32). The SMILES string of the molecule is [CH2]c1ccc(NC(=O)CCC(=O)NC2CCC(Cc3cccc(C)c3)(N(C)C)CC2)cc1. The van der Waals surface area contributed by atoms with Crippen molar-refractivity contribution in [1.82, 2.24) is 10.2 Å². The monoisotopic (exact) mass is 434 g/mol. The molecule has 5 heteroatoms. The van der Waals surface area contributed by atoms with Gasteiger partial charge in [-0.2, -0.15) is 0 Å². The molecule has 1 radical (unpaired) electrons. The Balaban J connectivity index is 1.45. The molecule has 0 unspecified atom stereocenters. The Morgan fingerprint density at radius 2 is 1.69 bits per heavy atom. The van der Waals surface area contributed by atoms with E-state index < -0.39 is 0 Å². The van der Waals surface area contributed by atoms with Gasteiger partial charge in [0.25, 0.3) is 0 Å². The van der Waals surface area contributed by atoms with Gasteiger partial charge in [0.2, 0.25) is 11.8 Å². The van der Waals surface area contributed by atoms with Gasteiger partial charge >= 0.3 is 0 Å². The molecule has 2 aromatic carbocycles. The van der Waals surface area contributed by atoms with Crippen LogP contribution in [0.4, 0.5) is 5.69 Å². The Labute approximate surface area is 192 Å². The smallest absolute Gasteiger partial charge is 0.224 e. The predicted octanol–water partition coefficient (Wildman–Crippen LogP) is 4.50. The number of carbonyl (C=O) groups excluding carboxylic acids is 2. The topological polar surface area (TPSA) is 61.4 Å². The molecule has 2 N–H and O–H groups in total. The van der Waals surface area contributed by atoms with Crippen LogP contribution in [0.2, 0.25) is 0 Å². The van der Waals surface area contributed by atoms with Crippen molar-refractivity contribution in [3.63, 3.8) is 0 Å². The summed E-state index contributed by atoms with van der Waals surface area (Å²) in [7, 11) is 4.33. The maximum atomic E-state index is 12.4. The first-order valence-electron chi connectivity index (χ1n) is 11.5. The summed E-state index contributed by atoms with van der Waals surface area (Å²) in [5, 5.41) is 5.98. The van der Waals surface area contributed by atoms with Crippen LogP contribution >= 0.6 is 0 Å². The van der Waals surface area contributed by atoms with E-state index in [4.69, 9.17) is 0 Å². The maximum Gasteiger partial charge on any atom is 0.224 e. The third kappa shape index (κ3) is 6.67. The number of rotatable bonds is 8. The summed E-state index contributed by atoms with van der Waals surface area (Å²) in [5.74, 6) is -0.195. The second-order valence-electron chi connectivity index (χ2n) is 9.37. The second kappa shape index (κ2) is 10.8. The average Bonchev–Trinajstić information content (AvgIpc) is 2.75. The number of anilines is 1. The molecule has 1 aliphatic rings. The number of aryl methyl sites for hydroxylation is 1. The molecule has 0 spiro atoms. The molecule has 0 aromatic heterocycles. The fourth-order valence-electron chi connectivity index (χ4n) is 4.62. The lowest BCUT2D eigenvalue weighted by Crippen LogP contribution is -2.52. The molecule has 2 aromatic rings. The fraction of sp³-hybridized carbons (Fsp3) is 0.444. The Bertz CT molecular complexity index is 913. The van der Waals surface area contributed by atoms with Crippen LogP contribution in [-0.4, -0.2) is 42.4 Å². The molecule has 5 nitrogen and oxygen atoms in total. The molecule has 0 saturated heterocycles. The summed E-state index contributed by atoms with van der Waals surface area (Å²) in [4.78, 5) is 26.9. The highest BCUT2D eigenvalue weighted by molar-refractivity contribution is 5.93. The number of carbonyl (C=O) groups is 2. The Morgan fingerprint density at radius 1 is 1.03 bits per heavy atom. The van der Waals surface area contributed by atoms with Crippen molar-refractivity contribution in [3.05, 3.63) is 72.1 Å². The molecule has 2 amide bonds. The minimum atomic E-state index is -0.148. The van der Waals surface area contributed by atoms with Gasteiger partial charge in [-0.05, 0) is 83.3 Å². The number of nitrogens with zero attached hydrogens (tertiary/aromatic N) is 1. The van der Waals surface area contributed by atoms with E-state index in [2.05, 4.69) is 67.7 Å². The Kier molecular flexibility index (Phi) is 8.08. The van der Waals surface area contributed by atoms with Crippen LogP contribution in [0.25, 0.3) is 0 Å². The van der Waals surface area contributed by atoms with Gasteiger partial charge in [-0.1, -0.05) is 42.0 Å². The molecule has 32 heavy (non-hydrogen) atoms. The molecule has 1 fully saturated rings. The Morgan fingerprint density at radius 3 is 2.31 bits per heavy atom. The van der Waals surface area contributed by atoms with Gasteiger partial charge in [-0.15, -0.1) is 0 Å². The predicted molar refractivity (Wildman–Crippen MR) is 130 cm³/mol. The van der Waals surface area contributed by atoms with Crippen molar-refractivity contribution in [1.29, 1.82) is 0 Å². The minimum absolute atomic E-state index is 0.0470. The van der Waals surface area contributed by atoms with E-state index in [1.54, 1.807) is 0 Å². The zero-order chi connectivity index (χ0) is 23.1. The molecule has 0 heterocycles. The summed E-state index contributed by atoms with van der Waals surface area (Å²) < 4.78 is 0. The van der Waals surface area contributed by atoms with Crippen LogP contribution in [0.1, 0.15) is 55.2 Å². The van der Waals surface area contributed by atoms with Gasteiger partial charge in [-0.3, -0.25) is 9.59 Å². The normalized spacial score (nSPS) is 20.7. The lowest BCUT2D eigenvalue weighted by molar-refractivity contribution is -0.125. The third-order valence-corrected chi connectivity index (χ3v) is 6.66. The zero-order valence-electron chi connectivity index (χ0n) is 19.6. The number of benzene rings is 2. The molecule has 0 atom stereocenters. The largest absolute Gasteiger partial charge is 0.353 e. The van der Waals surface area contributed by atoms with Crippen LogP contribution < -0.4 is 10.6 Å². The van der Waals surface area contributed by atoms with Gasteiger partial charge < -0.3 is 15.5 Å². The summed E-state index contributed by atoms with van der Waals surface area (Å²) in [5.41, 5.74) is 4.41. The van der Waals surface area contributed by atoms with Gasteiger partial charge in [0.05, 0.1) is 0 Å². The quantitative estimate of drug-likeness (QED) is 0.643. The highest BCUT2D eigenvalue weighted by Crippen LogP contribution is 2.35. The van der Waals surface area contributed by atoms with Crippen molar-refractivity contribution in [2.75, 3.05) is 19.4 Å². The summed E-state index contributed by atoms with van der Waals surface area (Å²) in [6, 6.07) is 16.3. The first kappa shape index (κ1) is 24.0. The minimum Gasteiger partial charge on any atom is -0.353 e. The molecular formula is C27H36N3O2. The molecule has 1 saturated carbocycles. The Hall–Kier alpha value is -2.66. The average molecular weight is 435 g/mol. The summed E-state index contributed by atoms with van der Waals surface area (Å²) in [6.45, 7) is 5.97. The van der Waals surface area contributed by atoms with Gasteiger partial charge in [0, 0.05) is 30.1 Å². The van der Waals surface area contributed by atoms with Crippen molar-refractivity contribution in [3.8, 4) is 0 Å². The van der Waals surface area contributed by atoms with Crippen molar-refractivity contribution < 1.29 is 9.59 Å². The number of hydrogen-bond acceptors (Lipinski definition) is 3. The van der Waals surface area contributed by atoms with Gasteiger partial charge in [0.15, 0.2) is 0 Å². The van der Waals surface area contributed by atoms with Crippen LogP contribution in [0.5, 0.6) is 0 Å². The van der Waals surface area contributed by atoms with Crippen molar-refractivity contribution in [2.24, 2.45) is 0 Å². The highest BCUT2D eigenvalue weighted by Gasteiger charge is 2.37.